The fraction of sp³-hybridized carbons (Fsp3) is 0.500. The summed E-state index contributed by atoms with van der Waals surface area (Å²) in [6.07, 6.45) is 1.15. The predicted molar refractivity (Wildman–Crippen MR) is 87.0 cm³/mol. The summed E-state index contributed by atoms with van der Waals surface area (Å²) in [5.74, 6) is 0. The van der Waals surface area contributed by atoms with Crippen LogP contribution >= 0.6 is 0 Å². The average Bonchev–Trinajstić information content (AvgIpc) is 2.43. The van der Waals surface area contributed by atoms with Crippen LogP contribution < -0.4 is 5.32 Å². The molecule has 0 aliphatic rings. The van der Waals surface area contributed by atoms with Crippen molar-refractivity contribution < 1.29 is 0 Å². The first-order chi connectivity index (χ1) is 9.41. The van der Waals surface area contributed by atoms with E-state index < -0.39 is 0 Å². The fourth-order valence-corrected chi connectivity index (χ4v) is 2.21. The molecule has 1 aromatic carbocycles. The van der Waals surface area contributed by atoms with E-state index in [-0.39, 0.29) is 5.41 Å². The number of para-hydroxylation sites is 1. The molecule has 20 heavy (non-hydrogen) atoms. The Balaban J connectivity index is 2.44. The number of benzene rings is 1. The van der Waals surface area contributed by atoms with E-state index in [9.17, 15) is 0 Å². The molecule has 2 aromatic rings. The van der Waals surface area contributed by atoms with Gasteiger partial charge >= 0.3 is 0 Å². The van der Waals surface area contributed by atoms with Crippen LogP contribution in [0.1, 0.15) is 52.3 Å². The first kappa shape index (κ1) is 15.0. The molecule has 0 saturated carbocycles. The molecule has 0 aliphatic heterocycles. The van der Waals surface area contributed by atoms with Gasteiger partial charge in [0.1, 0.15) is 0 Å². The van der Waals surface area contributed by atoms with Crippen LogP contribution in [0.15, 0.2) is 30.3 Å². The molecular formula is C18H26N2. The summed E-state index contributed by atoms with van der Waals surface area (Å²) in [5.41, 5.74) is 3.69. The molecule has 0 fully saturated rings. The van der Waals surface area contributed by atoms with Crippen molar-refractivity contribution in [3.05, 3.63) is 41.6 Å². The molecule has 0 radical (unpaired) electrons. The van der Waals surface area contributed by atoms with Crippen molar-refractivity contribution in [1.29, 1.82) is 0 Å². The fourth-order valence-electron chi connectivity index (χ4n) is 2.21. The zero-order valence-corrected chi connectivity index (χ0v) is 13.3. The Morgan fingerprint density at radius 2 is 1.90 bits per heavy atom. The molecule has 0 amide bonds. The van der Waals surface area contributed by atoms with Crippen molar-refractivity contribution in [3.63, 3.8) is 0 Å². The second-order valence-electron chi connectivity index (χ2n) is 6.62. The smallest absolute Gasteiger partial charge is 0.0708 e. The van der Waals surface area contributed by atoms with Gasteiger partial charge < -0.3 is 5.32 Å². The van der Waals surface area contributed by atoms with Gasteiger partial charge in [0.05, 0.1) is 5.52 Å². The molecule has 1 unspecified atom stereocenters. The molecule has 1 N–H and O–H groups in total. The molecule has 1 aromatic heterocycles. The molecule has 2 rings (SSSR count). The minimum atomic E-state index is 0.0785. The Morgan fingerprint density at radius 1 is 1.20 bits per heavy atom. The summed E-state index contributed by atoms with van der Waals surface area (Å²) in [7, 11) is 0. The van der Waals surface area contributed by atoms with E-state index in [0.717, 1.165) is 24.2 Å². The van der Waals surface area contributed by atoms with Gasteiger partial charge in [-0.3, -0.25) is 4.98 Å². The van der Waals surface area contributed by atoms with Gasteiger partial charge in [-0.15, -0.1) is 0 Å². The lowest BCUT2D eigenvalue weighted by Gasteiger charge is -2.21. The molecule has 0 spiro atoms. The maximum Gasteiger partial charge on any atom is 0.0708 e. The topological polar surface area (TPSA) is 24.9 Å². The monoisotopic (exact) mass is 270 g/mol. The Bertz CT molecular complexity index is 581. The van der Waals surface area contributed by atoms with Gasteiger partial charge in [0.25, 0.3) is 0 Å². The molecule has 0 aliphatic carbocycles. The Morgan fingerprint density at radius 3 is 2.55 bits per heavy atom. The number of hydrogen-bond acceptors (Lipinski definition) is 2. The molecule has 108 valence electrons. The highest BCUT2D eigenvalue weighted by molar-refractivity contribution is 5.82. The number of nitrogens with zero attached hydrogens (tertiary/aromatic N) is 1. The van der Waals surface area contributed by atoms with E-state index in [4.69, 9.17) is 4.98 Å². The van der Waals surface area contributed by atoms with Crippen LogP contribution in [0.25, 0.3) is 10.9 Å². The third-order valence-electron chi connectivity index (χ3n) is 3.82. The number of fused-ring (bicyclic) bond motifs is 1. The Hall–Kier alpha value is -1.41. The SMILES string of the molecule is CCC(C)NCc1cc(C(C)(C)C)nc2ccccc12. The number of aromatic nitrogens is 1. The van der Waals surface area contributed by atoms with Crippen molar-refractivity contribution >= 4 is 10.9 Å². The summed E-state index contributed by atoms with van der Waals surface area (Å²) >= 11 is 0. The lowest BCUT2D eigenvalue weighted by Crippen LogP contribution is -2.25. The van der Waals surface area contributed by atoms with E-state index >= 15 is 0 Å². The molecule has 2 heteroatoms. The van der Waals surface area contributed by atoms with Crippen molar-refractivity contribution in [2.45, 2.75) is 59.0 Å². The zero-order chi connectivity index (χ0) is 14.8. The van der Waals surface area contributed by atoms with Crippen LogP contribution in [0.4, 0.5) is 0 Å². The minimum absolute atomic E-state index is 0.0785. The van der Waals surface area contributed by atoms with Crippen LogP contribution in [0.5, 0.6) is 0 Å². The maximum absolute atomic E-state index is 4.83. The lowest BCUT2D eigenvalue weighted by atomic mass is 9.90. The normalized spacial score (nSPS) is 13.7. The predicted octanol–water partition coefficient (Wildman–Crippen LogP) is 4.42. The van der Waals surface area contributed by atoms with Gasteiger partial charge in [0, 0.05) is 29.1 Å². The Kier molecular flexibility index (Phi) is 4.44. The summed E-state index contributed by atoms with van der Waals surface area (Å²) in [6, 6.07) is 11.2. The Labute approximate surface area is 122 Å². The average molecular weight is 270 g/mol. The van der Waals surface area contributed by atoms with E-state index in [2.05, 4.69) is 70.3 Å². The highest BCUT2D eigenvalue weighted by Gasteiger charge is 2.17. The summed E-state index contributed by atoms with van der Waals surface area (Å²) in [6.45, 7) is 12.0. The summed E-state index contributed by atoms with van der Waals surface area (Å²) in [4.78, 5) is 4.83. The van der Waals surface area contributed by atoms with Crippen LogP contribution in [0.3, 0.4) is 0 Å². The number of hydrogen-bond donors (Lipinski definition) is 1. The number of rotatable bonds is 4. The molecule has 1 atom stereocenters. The molecular weight excluding hydrogens is 244 g/mol. The van der Waals surface area contributed by atoms with Crippen LogP contribution in [0.2, 0.25) is 0 Å². The van der Waals surface area contributed by atoms with Crippen LogP contribution in [-0.4, -0.2) is 11.0 Å². The maximum atomic E-state index is 4.83. The van der Waals surface area contributed by atoms with Gasteiger partial charge in [-0.1, -0.05) is 45.9 Å². The van der Waals surface area contributed by atoms with Gasteiger partial charge in [0.15, 0.2) is 0 Å². The van der Waals surface area contributed by atoms with Gasteiger partial charge in [-0.25, -0.2) is 0 Å². The summed E-state index contributed by atoms with van der Waals surface area (Å²) < 4.78 is 0. The second kappa shape index (κ2) is 5.92. The van der Waals surface area contributed by atoms with E-state index in [1.807, 2.05) is 0 Å². The van der Waals surface area contributed by atoms with E-state index in [0.29, 0.717) is 6.04 Å². The lowest BCUT2D eigenvalue weighted by molar-refractivity contribution is 0.532. The largest absolute Gasteiger partial charge is 0.310 e. The van der Waals surface area contributed by atoms with Gasteiger partial charge in [-0.05, 0) is 31.0 Å². The molecule has 1 heterocycles. The van der Waals surface area contributed by atoms with Crippen molar-refractivity contribution in [1.82, 2.24) is 10.3 Å². The highest BCUT2D eigenvalue weighted by atomic mass is 14.9. The van der Waals surface area contributed by atoms with Crippen molar-refractivity contribution in [2.75, 3.05) is 0 Å². The quantitative estimate of drug-likeness (QED) is 0.889. The number of pyridine rings is 1. The molecule has 0 bridgehead atoms. The van der Waals surface area contributed by atoms with Crippen molar-refractivity contribution in [2.24, 2.45) is 0 Å². The molecule has 0 saturated heterocycles. The van der Waals surface area contributed by atoms with Gasteiger partial charge in [-0.2, -0.15) is 0 Å². The second-order valence-corrected chi connectivity index (χ2v) is 6.62. The summed E-state index contributed by atoms with van der Waals surface area (Å²) in [5, 5.41) is 4.85. The zero-order valence-electron chi connectivity index (χ0n) is 13.3. The minimum Gasteiger partial charge on any atom is -0.310 e. The van der Waals surface area contributed by atoms with Gasteiger partial charge in [0.2, 0.25) is 0 Å². The van der Waals surface area contributed by atoms with Crippen LogP contribution in [-0.2, 0) is 12.0 Å². The third kappa shape index (κ3) is 3.37. The standard InChI is InChI=1S/C18H26N2/c1-6-13(2)19-12-14-11-17(18(3,4)5)20-16-10-8-7-9-15(14)16/h7-11,13,19H,6,12H2,1-5H3. The van der Waals surface area contributed by atoms with Crippen LogP contribution in [0, 0.1) is 0 Å². The van der Waals surface area contributed by atoms with E-state index in [1.54, 1.807) is 0 Å². The molecule has 2 nitrogen and oxygen atoms in total. The van der Waals surface area contributed by atoms with Crippen molar-refractivity contribution in [3.8, 4) is 0 Å². The first-order valence-electron chi connectivity index (χ1n) is 7.54. The van der Waals surface area contributed by atoms with E-state index in [1.165, 1.54) is 10.9 Å². The number of nitrogens with one attached hydrogen (secondary N) is 1. The third-order valence-corrected chi connectivity index (χ3v) is 3.82. The highest BCUT2D eigenvalue weighted by Crippen LogP contribution is 2.26. The first-order valence-corrected chi connectivity index (χ1v) is 7.54.